The summed E-state index contributed by atoms with van der Waals surface area (Å²) >= 11 is 0. The highest BCUT2D eigenvalue weighted by Gasteiger charge is 2.07. The normalized spacial score (nSPS) is 10.9. The van der Waals surface area contributed by atoms with Crippen molar-refractivity contribution in [3.8, 4) is 0 Å². The van der Waals surface area contributed by atoms with Gasteiger partial charge in [-0.05, 0) is 38.4 Å². The van der Waals surface area contributed by atoms with Crippen LogP contribution in [0.5, 0.6) is 0 Å². The Bertz CT molecular complexity index is 450. The molecule has 0 fully saturated rings. The number of nitrogens with zero attached hydrogens (tertiary/aromatic N) is 2. The highest BCUT2D eigenvalue weighted by Crippen LogP contribution is 2.06. The van der Waals surface area contributed by atoms with E-state index >= 15 is 0 Å². The smallest absolute Gasteiger partial charge is 0.337 e. The summed E-state index contributed by atoms with van der Waals surface area (Å²) in [5.41, 5.74) is 0.851. The van der Waals surface area contributed by atoms with E-state index in [1.54, 1.807) is 30.5 Å². The number of carbonyl (C=O) groups is 2. The Kier molecular flexibility index (Phi) is 5.20. The fourth-order valence-corrected chi connectivity index (χ4v) is 1.23. The molecule has 0 unspecified atom stereocenters. The van der Waals surface area contributed by atoms with Gasteiger partial charge in [0.25, 0.3) is 5.91 Å². The zero-order valence-corrected chi connectivity index (χ0v) is 10.7. The molecule has 0 aliphatic rings. The summed E-state index contributed by atoms with van der Waals surface area (Å²) in [5.74, 6) is -0.752. The molecule has 1 amide bonds. The first kappa shape index (κ1) is 14.1. The monoisotopic (exact) mass is 248 g/mol. The maximum absolute atomic E-state index is 11.6. The molecule has 0 aliphatic heterocycles. The molecule has 0 saturated heterocycles. The summed E-state index contributed by atoms with van der Waals surface area (Å²) in [4.78, 5) is 28.6. The molecule has 18 heavy (non-hydrogen) atoms. The van der Waals surface area contributed by atoms with Crippen molar-refractivity contribution in [1.82, 2.24) is 4.90 Å². The van der Waals surface area contributed by atoms with Gasteiger partial charge >= 0.3 is 5.97 Å². The number of methoxy groups -OCH3 is 1. The quantitative estimate of drug-likeness (QED) is 0.594. The zero-order valence-electron chi connectivity index (χ0n) is 10.7. The van der Waals surface area contributed by atoms with Crippen LogP contribution in [0.1, 0.15) is 20.7 Å². The Labute approximate surface area is 106 Å². The minimum absolute atomic E-state index is 0.326. The largest absolute Gasteiger partial charge is 0.465 e. The van der Waals surface area contributed by atoms with E-state index in [4.69, 9.17) is 0 Å². The van der Waals surface area contributed by atoms with Crippen LogP contribution in [0.3, 0.4) is 0 Å². The Morgan fingerprint density at radius 3 is 2.28 bits per heavy atom. The number of hydrogen-bond donors (Lipinski definition) is 0. The fourth-order valence-electron chi connectivity index (χ4n) is 1.23. The van der Waals surface area contributed by atoms with Crippen LogP contribution in [-0.2, 0) is 4.74 Å². The van der Waals surface area contributed by atoms with Crippen LogP contribution in [0.15, 0.2) is 29.3 Å². The van der Waals surface area contributed by atoms with Crippen LogP contribution in [0.4, 0.5) is 0 Å². The van der Waals surface area contributed by atoms with Crippen molar-refractivity contribution in [1.29, 1.82) is 0 Å². The molecule has 0 N–H and O–H groups in total. The SMILES string of the molecule is COC(=O)c1ccc(C(=O)N=CCN(C)C)cc1. The van der Waals surface area contributed by atoms with E-state index in [0.717, 1.165) is 0 Å². The number of amides is 1. The van der Waals surface area contributed by atoms with Gasteiger partial charge in [0.05, 0.1) is 12.7 Å². The lowest BCUT2D eigenvalue weighted by molar-refractivity contribution is 0.0600. The summed E-state index contributed by atoms with van der Waals surface area (Å²) in [6, 6.07) is 6.20. The van der Waals surface area contributed by atoms with Crippen LogP contribution in [-0.4, -0.2) is 50.7 Å². The number of hydrogen-bond acceptors (Lipinski definition) is 4. The first-order valence-electron chi connectivity index (χ1n) is 5.44. The molecule has 1 aromatic rings. The maximum atomic E-state index is 11.6. The van der Waals surface area contributed by atoms with E-state index < -0.39 is 5.97 Å². The Morgan fingerprint density at radius 1 is 1.22 bits per heavy atom. The van der Waals surface area contributed by atoms with Crippen molar-refractivity contribution < 1.29 is 14.3 Å². The Balaban J connectivity index is 2.70. The van der Waals surface area contributed by atoms with E-state index in [2.05, 4.69) is 9.73 Å². The van der Waals surface area contributed by atoms with Crippen molar-refractivity contribution in [2.45, 2.75) is 0 Å². The molecule has 0 radical (unpaired) electrons. The van der Waals surface area contributed by atoms with Crippen molar-refractivity contribution in [3.63, 3.8) is 0 Å². The molecule has 1 aromatic carbocycles. The standard InChI is InChI=1S/C13H16N2O3/c1-15(2)9-8-14-12(16)10-4-6-11(7-5-10)13(17)18-3/h4-8H,9H2,1-3H3. The number of aliphatic imine (C=N–C) groups is 1. The average molecular weight is 248 g/mol. The summed E-state index contributed by atoms with van der Waals surface area (Å²) in [5, 5.41) is 0. The minimum atomic E-state index is -0.426. The summed E-state index contributed by atoms with van der Waals surface area (Å²) in [6.45, 7) is 0.603. The molecule has 0 aromatic heterocycles. The van der Waals surface area contributed by atoms with Gasteiger partial charge < -0.3 is 9.64 Å². The maximum Gasteiger partial charge on any atom is 0.337 e. The van der Waals surface area contributed by atoms with Crippen LogP contribution in [0.2, 0.25) is 0 Å². The van der Waals surface area contributed by atoms with Gasteiger partial charge in [-0.1, -0.05) is 0 Å². The molecule has 5 nitrogen and oxygen atoms in total. The van der Waals surface area contributed by atoms with Gasteiger partial charge in [-0.3, -0.25) is 4.79 Å². The van der Waals surface area contributed by atoms with Crippen LogP contribution in [0, 0.1) is 0 Å². The van der Waals surface area contributed by atoms with Gasteiger partial charge in [0, 0.05) is 18.3 Å². The minimum Gasteiger partial charge on any atom is -0.465 e. The second kappa shape index (κ2) is 6.66. The van der Waals surface area contributed by atoms with Gasteiger partial charge in [-0.15, -0.1) is 0 Å². The number of ether oxygens (including phenoxy) is 1. The molecule has 5 heteroatoms. The van der Waals surface area contributed by atoms with Gasteiger partial charge in [0.1, 0.15) is 0 Å². The predicted molar refractivity (Wildman–Crippen MR) is 69.2 cm³/mol. The topological polar surface area (TPSA) is 59.0 Å². The lowest BCUT2D eigenvalue weighted by atomic mass is 10.1. The molecule has 1 rings (SSSR count). The first-order chi connectivity index (χ1) is 8.54. The van der Waals surface area contributed by atoms with E-state index in [1.807, 2.05) is 19.0 Å². The fraction of sp³-hybridized carbons (Fsp3) is 0.308. The van der Waals surface area contributed by atoms with Gasteiger partial charge in [-0.2, -0.15) is 0 Å². The molecular formula is C13H16N2O3. The first-order valence-corrected chi connectivity index (χ1v) is 5.44. The Hall–Kier alpha value is -2.01. The summed E-state index contributed by atoms with van der Waals surface area (Å²) < 4.78 is 4.57. The molecular weight excluding hydrogens is 232 g/mol. The molecule has 0 bridgehead atoms. The van der Waals surface area contributed by atoms with Crippen molar-refractivity contribution >= 4 is 18.1 Å². The van der Waals surface area contributed by atoms with Crippen LogP contribution in [0.25, 0.3) is 0 Å². The highest BCUT2D eigenvalue weighted by atomic mass is 16.5. The van der Waals surface area contributed by atoms with Gasteiger partial charge in [0.2, 0.25) is 0 Å². The second-order valence-electron chi connectivity index (χ2n) is 3.95. The Morgan fingerprint density at radius 2 is 1.78 bits per heavy atom. The summed E-state index contributed by atoms with van der Waals surface area (Å²) in [6.07, 6.45) is 1.55. The molecule has 96 valence electrons. The molecule has 0 heterocycles. The molecule has 0 aliphatic carbocycles. The molecule has 0 atom stereocenters. The lowest BCUT2D eigenvalue weighted by Crippen LogP contribution is -2.14. The van der Waals surface area contributed by atoms with Crippen LogP contribution >= 0.6 is 0 Å². The number of carbonyl (C=O) groups excluding carboxylic acids is 2. The van der Waals surface area contributed by atoms with E-state index in [9.17, 15) is 9.59 Å². The number of esters is 1. The van der Waals surface area contributed by atoms with Crippen molar-refractivity contribution in [2.75, 3.05) is 27.7 Å². The van der Waals surface area contributed by atoms with Crippen molar-refractivity contribution in [3.05, 3.63) is 35.4 Å². The predicted octanol–water partition coefficient (Wildman–Crippen LogP) is 1.25. The average Bonchev–Trinajstić information content (AvgIpc) is 2.37. The van der Waals surface area contributed by atoms with Gasteiger partial charge in [-0.25, -0.2) is 9.79 Å². The van der Waals surface area contributed by atoms with Gasteiger partial charge in [0.15, 0.2) is 0 Å². The number of rotatable bonds is 4. The number of benzene rings is 1. The molecule has 0 saturated carbocycles. The lowest BCUT2D eigenvalue weighted by Gasteiger charge is -2.03. The van der Waals surface area contributed by atoms with E-state index in [0.29, 0.717) is 17.7 Å². The third kappa shape index (κ3) is 4.10. The van der Waals surface area contributed by atoms with Crippen molar-refractivity contribution in [2.24, 2.45) is 4.99 Å². The third-order valence-electron chi connectivity index (χ3n) is 2.21. The zero-order chi connectivity index (χ0) is 13.5. The highest BCUT2D eigenvalue weighted by molar-refractivity contribution is 6.00. The second-order valence-corrected chi connectivity index (χ2v) is 3.95. The van der Waals surface area contributed by atoms with Crippen LogP contribution < -0.4 is 0 Å². The van der Waals surface area contributed by atoms with E-state index in [1.165, 1.54) is 7.11 Å². The summed E-state index contributed by atoms with van der Waals surface area (Å²) in [7, 11) is 5.09. The third-order valence-corrected chi connectivity index (χ3v) is 2.21. The molecule has 0 spiro atoms. The van der Waals surface area contributed by atoms with E-state index in [-0.39, 0.29) is 5.91 Å².